The van der Waals surface area contributed by atoms with Crippen molar-refractivity contribution >= 4 is 18.3 Å². The molecule has 0 aliphatic carbocycles. The summed E-state index contributed by atoms with van der Waals surface area (Å²) in [5, 5.41) is 13.2. The molecule has 124 valence electrons. The van der Waals surface area contributed by atoms with Crippen molar-refractivity contribution in [2.45, 2.75) is 38.8 Å². The summed E-state index contributed by atoms with van der Waals surface area (Å²) in [5.41, 5.74) is 0.493. The van der Waals surface area contributed by atoms with Crippen LogP contribution in [0.1, 0.15) is 37.0 Å². The number of nitrogens with zero attached hydrogens (tertiary/aromatic N) is 1. The predicted octanol–water partition coefficient (Wildman–Crippen LogP) is 2.43. The topological polar surface area (TPSA) is 61.8 Å². The third-order valence-corrected chi connectivity index (χ3v) is 3.88. The van der Waals surface area contributed by atoms with E-state index in [1.54, 1.807) is 12.1 Å². The van der Waals surface area contributed by atoms with E-state index in [1.165, 1.54) is 13.2 Å². The molecule has 1 aromatic carbocycles. The summed E-state index contributed by atoms with van der Waals surface area (Å²) in [6.07, 6.45) is 2.09. The van der Waals surface area contributed by atoms with Gasteiger partial charge < -0.3 is 20.1 Å². The van der Waals surface area contributed by atoms with Crippen molar-refractivity contribution in [1.29, 1.82) is 0 Å². The summed E-state index contributed by atoms with van der Waals surface area (Å²) in [5.74, 6) is 0.326. The van der Waals surface area contributed by atoms with Crippen LogP contribution in [0, 0.1) is 0 Å². The molecule has 5 nitrogen and oxygen atoms in total. The molecule has 1 aliphatic rings. The molecule has 1 aromatic rings. The van der Waals surface area contributed by atoms with E-state index in [4.69, 9.17) is 4.74 Å². The lowest BCUT2D eigenvalue weighted by Gasteiger charge is -2.37. The van der Waals surface area contributed by atoms with Gasteiger partial charge in [-0.15, -0.1) is 12.4 Å². The normalized spacial score (nSPS) is 17.7. The van der Waals surface area contributed by atoms with Gasteiger partial charge in [-0.25, -0.2) is 0 Å². The number of hydrogen-bond acceptors (Lipinski definition) is 4. The molecule has 1 amide bonds. The van der Waals surface area contributed by atoms with E-state index in [2.05, 4.69) is 5.32 Å². The monoisotopic (exact) mass is 328 g/mol. The summed E-state index contributed by atoms with van der Waals surface area (Å²) in [7, 11) is 1.49. The van der Waals surface area contributed by atoms with Gasteiger partial charge in [0, 0.05) is 24.2 Å². The molecule has 1 fully saturated rings. The van der Waals surface area contributed by atoms with Gasteiger partial charge >= 0.3 is 0 Å². The van der Waals surface area contributed by atoms with E-state index in [0.717, 1.165) is 25.9 Å². The Hall–Kier alpha value is -1.46. The molecule has 0 saturated carbocycles. The number of nitrogens with one attached hydrogen (secondary N) is 1. The van der Waals surface area contributed by atoms with Crippen LogP contribution >= 0.6 is 12.4 Å². The highest BCUT2D eigenvalue weighted by molar-refractivity contribution is 5.95. The Kier molecular flexibility index (Phi) is 6.97. The van der Waals surface area contributed by atoms with Crippen LogP contribution in [0.2, 0.25) is 0 Å². The van der Waals surface area contributed by atoms with Crippen molar-refractivity contribution in [2.24, 2.45) is 0 Å². The number of aromatic hydroxyl groups is 1. The Balaban J connectivity index is 0.00000242. The molecular weight excluding hydrogens is 304 g/mol. The van der Waals surface area contributed by atoms with Crippen molar-refractivity contribution in [2.75, 3.05) is 20.2 Å². The van der Waals surface area contributed by atoms with Crippen LogP contribution in [-0.2, 0) is 0 Å². The third kappa shape index (κ3) is 4.05. The van der Waals surface area contributed by atoms with E-state index in [0.29, 0.717) is 11.3 Å². The number of phenols is 1. The molecular formula is C16H25ClN2O3. The van der Waals surface area contributed by atoms with Crippen molar-refractivity contribution in [3.63, 3.8) is 0 Å². The van der Waals surface area contributed by atoms with E-state index < -0.39 is 0 Å². The van der Waals surface area contributed by atoms with Crippen LogP contribution in [0.3, 0.4) is 0 Å². The SMILES string of the molecule is COc1ccc(C(=O)N(C(C)C)[C@@H]2CCCNC2)cc1O.Cl. The van der Waals surface area contributed by atoms with Gasteiger partial charge in [0.1, 0.15) is 0 Å². The highest BCUT2D eigenvalue weighted by Gasteiger charge is 2.28. The first-order valence-corrected chi connectivity index (χ1v) is 7.45. The number of ether oxygens (including phenoxy) is 1. The maximum atomic E-state index is 12.8. The number of methoxy groups -OCH3 is 1. The van der Waals surface area contributed by atoms with Crippen LogP contribution in [-0.4, -0.2) is 48.2 Å². The lowest BCUT2D eigenvalue weighted by atomic mass is 10.0. The largest absolute Gasteiger partial charge is 0.504 e. The molecule has 1 saturated heterocycles. The number of hydrogen-bond donors (Lipinski definition) is 2. The molecule has 0 radical (unpaired) electrons. The minimum Gasteiger partial charge on any atom is -0.504 e. The van der Waals surface area contributed by atoms with Crippen LogP contribution in [0.15, 0.2) is 18.2 Å². The van der Waals surface area contributed by atoms with Crippen LogP contribution in [0.4, 0.5) is 0 Å². The number of piperidine rings is 1. The molecule has 0 aromatic heterocycles. The molecule has 2 rings (SSSR count). The van der Waals surface area contributed by atoms with E-state index in [-0.39, 0.29) is 36.1 Å². The first-order valence-electron chi connectivity index (χ1n) is 7.45. The fourth-order valence-corrected chi connectivity index (χ4v) is 2.86. The number of carbonyl (C=O) groups excluding carboxylic acids is 1. The van der Waals surface area contributed by atoms with Crippen molar-refractivity contribution < 1.29 is 14.6 Å². The van der Waals surface area contributed by atoms with Crippen LogP contribution in [0.5, 0.6) is 11.5 Å². The molecule has 0 spiro atoms. The Bertz CT molecular complexity index is 502. The quantitative estimate of drug-likeness (QED) is 0.891. The number of amides is 1. The lowest BCUT2D eigenvalue weighted by molar-refractivity contribution is 0.0573. The van der Waals surface area contributed by atoms with Gasteiger partial charge in [-0.3, -0.25) is 4.79 Å². The van der Waals surface area contributed by atoms with Gasteiger partial charge in [-0.1, -0.05) is 0 Å². The maximum absolute atomic E-state index is 12.8. The average Bonchev–Trinajstić information content (AvgIpc) is 2.48. The number of halogens is 1. The minimum absolute atomic E-state index is 0. The van der Waals surface area contributed by atoms with Gasteiger partial charge in [-0.2, -0.15) is 0 Å². The summed E-state index contributed by atoms with van der Waals surface area (Å²) in [6, 6.07) is 5.13. The fraction of sp³-hybridized carbons (Fsp3) is 0.562. The number of benzene rings is 1. The zero-order chi connectivity index (χ0) is 15.4. The number of rotatable bonds is 4. The van der Waals surface area contributed by atoms with Gasteiger partial charge in [0.05, 0.1) is 7.11 Å². The fourth-order valence-electron chi connectivity index (χ4n) is 2.86. The first-order chi connectivity index (χ1) is 10.0. The molecule has 0 bridgehead atoms. The Morgan fingerprint density at radius 3 is 2.68 bits per heavy atom. The highest BCUT2D eigenvalue weighted by Crippen LogP contribution is 2.27. The van der Waals surface area contributed by atoms with E-state index in [1.807, 2.05) is 18.7 Å². The zero-order valence-electron chi connectivity index (χ0n) is 13.3. The average molecular weight is 329 g/mol. The second-order valence-corrected chi connectivity index (χ2v) is 5.69. The predicted molar refractivity (Wildman–Crippen MR) is 89.1 cm³/mol. The molecule has 1 heterocycles. The molecule has 1 atom stereocenters. The molecule has 2 N–H and O–H groups in total. The maximum Gasteiger partial charge on any atom is 0.254 e. The summed E-state index contributed by atoms with van der Waals surface area (Å²) in [6.45, 7) is 5.89. The van der Waals surface area contributed by atoms with Crippen molar-refractivity contribution in [3.8, 4) is 11.5 Å². The van der Waals surface area contributed by atoms with Gasteiger partial charge in [0.15, 0.2) is 11.5 Å². The smallest absolute Gasteiger partial charge is 0.254 e. The molecule has 22 heavy (non-hydrogen) atoms. The second-order valence-electron chi connectivity index (χ2n) is 5.69. The van der Waals surface area contributed by atoms with E-state index in [9.17, 15) is 9.90 Å². The Labute approximate surface area is 138 Å². The highest BCUT2D eigenvalue weighted by atomic mass is 35.5. The van der Waals surface area contributed by atoms with Gasteiger partial charge in [0.2, 0.25) is 0 Å². The molecule has 0 unspecified atom stereocenters. The molecule has 6 heteroatoms. The van der Waals surface area contributed by atoms with Gasteiger partial charge in [-0.05, 0) is 51.4 Å². The summed E-state index contributed by atoms with van der Waals surface area (Å²) in [4.78, 5) is 14.7. The number of carbonyl (C=O) groups is 1. The van der Waals surface area contributed by atoms with Crippen LogP contribution in [0.25, 0.3) is 0 Å². The third-order valence-electron chi connectivity index (χ3n) is 3.88. The lowest BCUT2D eigenvalue weighted by Crippen LogP contribution is -2.51. The Morgan fingerprint density at radius 2 is 2.18 bits per heavy atom. The number of phenolic OH excluding ortho intramolecular Hbond substituents is 1. The Morgan fingerprint density at radius 1 is 1.45 bits per heavy atom. The van der Waals surface area contributed by atoms with Crippen LogP contribution < -0.4 is 10.1 Å². The zero-order valence-corrected chi connectivity index (χ0v) is 14.2. The molecule has 1 aliphatic heterocycles. The van der Waals surface area contributed by atoms with E-state index >= 15 is 0 Å². The first kappa shape index (κ1) is 18.6. The standard InChI is InChI=1S/C16H24N2O3.ClH/c1-11(2)18(13-5-4-8-17-10-13)16(20)12-6-7-15(21-3)14(19)9-12;/h6-7,9,11,13,17,19H,4-5,8,10H2,1-3H3;1H/t13-;/m1./s1. The summed E-state index contributed by atoms with van der Waals surface area (Å²) >= 11 is 0. The summed E-state index contributed by atoms with van der Waals surface area (Å²) < 4.78 is 5.02. The van der Waals surface area contributed by atoms with Gasteiger partial charge in [0.25, 0.3) is 5.91 Å². The second kappa shape index (κ2) is 8.25. The van der Waals surface area contributed by atoms with Crippen molar-refractivity contribution in [3.05, 3.63) is 23.8 Å². The van der Waals surface area contributed by atoms with Crippen molar-refractivity contribution in [1.82, 2.24) is 10.2 Å². The minimum atomic E-state index is -0.0448.